The Labute approximate surface area is 182 Å². The van der Waals surface area contributed by atoms with Crippen molar-refractivity contribution in [1.82, 2.24) is 4.98 Å². The van der Waals surface area contributed by atoms with Gasteiger partial charge in [-0.2, -0.15) is 0 Å². The highest BCUT2D eigenvalue weighted by Crippen LogP contribution is 2.32. The molecule has 1 heterocycles. The zero-order valence-electron chi connectivity index (χ0n) is 17.4. The maximum atomic E-state index is 12.0. The molecule has 5 heteroatoms. The summed E-state index contributed by atoms with van der Waals surface area (Å²) in [6.45, 7) is 1.74. The fourth-order valence-corrected chi connectivity index (χ4v) is 4.23. The summed E-state index contributed by atoms with van der Waals surface area (Å²) in [6, 6.07) is 23.5. The molecular formula is C26H23NO3S. The van der Waals surface area contributed by atoms with Gasteiger partial charge in [0.2, 0.25) is 0 Å². The number of aromatic nitrogens is 1. The maximum Gasteiger partial charge on any atom is 0.150 e. The fourth-order valence-electron chi connectivity index (χ4n) is 3.73. The van der Waals surface area contributed by atoms with Crippen LogP contribution in [0.5, 0.6) is 0 Å². The maximum absolute atomic E-state index is 12.0. The molecule has 1 aromatic heterocycles. The monoisotopic (exact) mass is 429 g/mol. The first-order chi connectivity index (χ1) is 14.8. The molecule has 0 aliphatic heterocycles. The Hall–Kier alpha value is -3.31. The minimum atomic E-state index is -3.13. The molecule has 4 aromatic rings. The summed E-state index contributed by atoms with van der Waals surface area (Å²) in [4.78, 5) is 15.8. The third-order valence-electron chi connectivity index (χ3n) is 5.55. The molecule has 1 unspecified atom stereocenters. The third kappa shape index (κ3) is 4.57. The average Bonchev–Trinajstić information content (AvgIpc) is 2.78. The first-order valence-corrected chi connectivity index (χ1v) is 12.0. The average molecular weight is 430 g/mol. The Kier molecular flexibility index (Phi) is 5.70. The topological polar surface area (TPSA) is 64.1 Å². The number of carbonyl (C=O) groups is 1. The number of benzene rings is 3. The van der Waals surface area contributed by atoms with Gasteiger partial charge in [0.15, 0.2) is 0 Å². The molecule has 3 aromatic carbocycles. The van der Waals surface area contributed by atoms with Gasteiger partial charge in [0.05, 0.1) is 10.8 Å². The normalized spacial score (nSPS) is 12.6. The first-order valence-electron chi connectivity index (χ1n) is 10.1. The number of sulfone groups is 1. The second kappa shape index (κ2) is 8.44. The van der Waals surface area contributed by atoms with Crippen LogP contribution in [0.25, 0.3) is 33.2 Å². The molecule has 31 heavy (non-hydrogen) atoms. The van der Waals surface area contributed by atoms with Gasteiger partial charge in [-0.15, -0.1) is 0 Å². The van der Waals surface area contributed by atoms with Gasteiger partial charge in [0.1, 0.15) is 16.1 Å². The molecule has 0 fully saturated rings. The number of hydrogen-bond acceptors (Lipinski definition) is 4. The number of rotatable bonds is 6. The second-order valence-electron chi connectivity index (χ2n) is 7.89. The van der Waals surface area contributed by atoms with E-state index < -0.39 is 15.1 Å². The highest BCUT2D eigenvalue weighted by molar-refractivity contribution is 7.91. The van der Waals surface area contributed by atoms with Crippen LogP contribution in [0, 0.1) is 0 Å². The van der Waals surface area contributed by atoms with E-state index in [1.807, 2.05) is 60.7 Å². The van der Waals surface area contributed by atoms with Crippen molar-refractivity contribution in [2.24, 2.45) is 0 Å². The van der Waals surface area contributed by atoms with Crippen molar-refractivity contribution in [2.75, 3.05) is 6.26 Å². The number of carbonyl (C=O) groups excluding carboxylic acids is 1. The van der Waals surface area contributed by atoms with Crippen LogP contribution in [0.4, 0.5) is 0 Å². The van der Waals surface area contributed by atoms with Gasteiger partial charge >= 0.3 is 0 Å². The molecule has 0 bridgehead atoms. The van der Waals surface area contributed by atoms with Crippen molar-refractivity contribution in [3.63, 3.8) is 0 Å². The Bertz CT molecular complexity index is 1380. The van der Waals surface area contributed by atoms with E-state index >= 15 is 0 Å². The molecule has 0 saturated heterocycles. The third-order valence-corrected chi connectivity index (χ3v) is 7.18. The Morgan fingerprint density at radius 2 is 1.61 bits per heavy atom. The predicted molar refractivity (Wildman–Crippen MR) is 126 cm³/mol. The van der Waals surface area contributed by atoms with Crippen LogP contribution in [-0.4, -0.2) is 31.2 Å². The summed E-state index contributed by atoms with van der Waals surface area (Å²) in [7, 11) is -3.13. The van der Waals surface area contributed by atoms with Crippen LogP contribution in [0.1, 0.15) is 22.8 Å². The van der Waals surface area contributed by atoms with Gasteiger partial charge in [-0.1, -0.05) is 42.5 Å². The zero-order chi connectivity index (χ0) is 22.0. The van der Waals surface area contributed by atoms with E-state index in [0.717, 1.165) is 45.0 Å². The molecule has 0 spiro atoms. The first kappa shape index (κ1) is 20.9. The lowest BCUT2D eigenvalue weighted by molar-refractivity contribution is 0.112. The number of pyridine rings is 1. The second-order valence-corrected chi connectivity index (χ2v) is 10.4. The molecule has 0 amide bonds. The minimum absolute atomic E-state index is 0.442. The SMILES string of the molecule is CC(Cc1cc(-c2cccc(-c3cccc(C=O)c3)c2)c2ncccc2c1)S(C)(=O)=O. The van der Waals surface area contributed by atoms with E-state index in [-0.39, 0.29) is 0 Å². The van der Waals surface area contributed by atoms with Gasteiger partial charge in [-0.05, 0) is 65.9 Å². The zero-order valence-corrected chi connectivity index (χ0v) is 18.3. The van der Waals surface area contributed by atoms with E-state index in [1.165, 1.54) is 6.26 Å². The van der Waals surface area contributed by atoms with Crippen molar-refractivity contribution in [1.29, 1.82) is 0 Å². The van der Waals surface area contributed by atoms with E-state index in [0.29, 0.717) is 12.0 Å². The van der Waals surface area contributed by atoms with E-state index in [9.17, 15) is 13.2 Å². The Morgan fingerprint density at radius 3 is 2.35 bits per heavy atom. The number of fused-ring (bicyclic) bond motifs is 1. The number of hydrogen-bond donors (Lipinski definition) is 0. The Morgan fingerprint density at radius 1 is 0.903 bits per heavy atom. The molecule has 0 N–H and O–H groups in total. The number of aldehydes is 1. The Balaban J connectivity index is 1.84. The summed E-state index contributed by atoms with van der Waals surface area (Å²) in [5, 5.41) is 0.510. The molecule has 0 aliphatic carbocycles. The van der Waals surface area contributed by atoms with Crippen LogP contribution in [0.15, 0.2) is 79.0 Å². The van der Waals surface area contributed by atoms with Gasteiger partial charge < -0.3 is 0 Å². The molecule has 0 saturated carbocycles. The summed E-state index contributed by atoms with van der Waals surface area (Å²) in [5.41, 5.74) is 6.38. The minimum Gasteiger partial charge on any atom is -0.298 e. The van der Waals surface area contributed by atoms with Gasteiger partial charge in [-0.3, -0.25) is 9.78 Å². The molecule has 4 nitrogen and oxygen atoms in total. The van der Waals surface area contributed by atoms with Crippen molar-refractivity contribution in [3.05, 3.63) is 90.1 Å². The van der Waals surface area contributed by atoms with Crippen LogP contribution >= 0.6 is 0 Å². The molecule has 0 radical (unpaired) electrons. The van der Waals surface area contributed by atoms with Gasteiger partial charge in [0.25, 0.3) is 0 Å². The summed E-state index contributed by atoms with van der Waals surface area (Å²) < 4.78 is 23.9. The highest BCUT2D eigenvalue weighted by Gasteiger charge is 2.17. The van der Waals surface area contributed by atoms with Crippen LogP contribution in [0.3, 0.4) is 0 Å². The summed E-state index contributed by atoms with van der Waals surface area (Å²) in [5.74, 6) is 0. The van der Waals surface area contributed by atoms with Gasteiger partial charge in [0, 0.05) is 29.0 Å². The van der Waals surface area contributed by atoms with E-state index in [2.05, 4.69) is 11.1 Å². The molecule has 0 aliphatic rings. The summed E-state index contributed by atoms with van der Waals surface area (Å²) in [6.07, 6.45) is 4.33. The van der Waals surface area contributed by atoms with E-state index in [4.69, 9.17) is 0 Å². The lowest BCUT2D eigenvalue weighted by Gasteiger charge is -2.14. The van der Waals surface area contributed by atoms with Crippen molar-refractivity contribution in [2.45, 2.75) is 18.6 Å². The highest BCUT2D eigenvalue weighted by atomic mass is 32.2. The van der Waals surface area contributed by atoms with Crippen LogP contribution in [0.2, 0.25) is 0 Å². The standard InChI is InChI=1S/C26H23NO3S/c1-18(31(2,29)30)12-20-14-24-10-5-11-27-26(24)25(15-20)23-9-4-8-22(16-23)21-7-3-6-19(13-21)17-28/h3-11,13-18H,12H2,1-2H3. The molecule has 1 atom stereocenters. The lowest BCUT2D eigenvalue weighted by Crippen LogP contribution is -2.18. The smallest absolute Gasteiger partial charge is 0.150 e. The van der Waals surface area contributed by atoms with E-state index in [1.54, 1.807) is 19.2 Å². The van der Waals surface area contributed by atoms with Crippen molar-refractivity contribution < 1.29 is 13.2 Å². The number of nitrogens with zero attached hydrogens (tertiary/aromatic N) is 1. The van der Waals surface area contributed by atoms with Crippen LogP contribution < -0.4 is 0 Å². The predicted octanol–water partition coefficient (Wildman–Crippen LogP) is 5.36. The lowest BCUT2D eigenvalue weighted by atomic mass is 9.94. The van der Waals surface area contributed by atoms with Gasteiger partial charge in [-0.25, -0.2) is 8.42 Å². The largest absolute Gasteiger partial charge is 0.298 e. The van der Waals surface area contributed by atoms with Crippen molar-refractivity contribution >= 4 is 27.0 Å². The van der Waals surface area contributed by atoms with Crippen LogP contribution in [-0.2, 0) is 16.3 Å². The molecule has 156 valence electrons. The summed E-state index contributed by atoms with van der Waals surface area (Å²) >= 11 is 0. The quantitative estimate of drug-likeness (QED) is 0.387. The fraction of sp³-hybridized carbons (Fsp3) is 0.154. The molecular weight excluding hydrogens is 406 g/mol. The van der Waals surface area contributed by atoms with Crippen molar-refractivity contribution in [3.8, 4) is 22.3 Å². The molecule has 4 rings (SSSR count).